The summed E-state index contributed by atoms with van der Waals surface area (Å²) >= 11 is 0. The molecule has 2 aromatic heterocycles. The second-order valence-corrected chi connectivity index (χ2v) is 9.24. The minimum atomic E-state index is 0.216. The lowest BCUT2D eigenvalue weighted by molar-refractivity contribution is -0.134. The van der Waals surface area contributed by atoms with E-state index in [2.05, 4.69) is 28.8 Å². The highest BCUT2D eigenvalue weighted by Crippen LogP contribution is 2.52. The van der Waals surface area contributed by atoms with E-state index in [-0.39, 0.29) is 11.3 Å². The number of carbonyl (C=O) groups excluding carboxylic acids is 1. The molecule has 0 spiro atoms. The largest absolute Gasteiger partial charge is 0.476 e. The Bertz CT molecular complexity index is 862. The molecule has 2 saturated carbocycles. The van der Waals surface area contributed by atoms with E-state index in [1.54, 1.807) is 0 Å². The first-order chi connectivity index (χ1) is 13.0. The fourth-order valence-electron chi connectivity index (χ4n) is 4.17. The van der Waals surface area contributed by atoms with Crippen LogP contribution in [0.3, 0.4) is 0 Å². The van der Waals surface area contributed by atoms with Crippen LogP contribution in [0.5, 0.6) is 5.88 Å². The smallest absolute Gasteiger partial charge is 0.231 e. The average Bonchev–Trinajstić information content (AvgIpc) is 3.57. The molecule has 1 saturated heterocycles. The Morgan fingerprint density at radius 2 is 1.96 bits per heavy atom. The van der Waals surface area contributed by atoms with E-state index in [0.717, 1.165) is 43.7 Å². The molecule has 1 amide bonds. The highest BCUT2D eigenvalue weighted by molar-refractivity contribution is 5.82. The van der Waals surface area contributed by atoms with E-state index in [4.69, 9.17) is 4.74 Å². The minimum absolute atomic E-state index is 0.216. The highest BCUT2D eigenvalue weighted by atomic mass is 16.5. The quantitative estimate of drug-likeness (QED) is 0.813. The van der Waals surface area contributed by atoms with E-state index in [1.165, 1.54) is 12.8 Å². The Labute approximate surface area is 159 Å². The number of carbonyl (C=O) groups is 1. The van der Waals surface area contributed by atoms with E-state index in [1.807, 2.05) is 22.8 Å². The van der Waals surface area contributed by atoms with Crippen LogP contribution in [0.25, 0.3) is 5.65 Å². The Morgan fingerprint density at radius 1 is 1.22 bits per heavy atom. The Kier molecular flexibility index (Phi) is 3.92. The summed E-state index contributed by atoms with van der Waals surface area (Å²) in [7, 11) is 0. The fourth-order valence-corrected chi connectivity index (χ4v) is 4.17. The van der Waals surface area contributed by atoms with Crippen molar-refractivity contribution in [2.75, 3.05) is 19.7 Å². The number of rotatable bonds is 5. The summed E-state index contributed by atoms with van der Waals surface area (Å²) in [5.41, 5.74) is 2.25. The van der Waals surface area contributed by atoms with Crippen LogP contribution in [0.2, 0.25) is 0 Å². The molecule has 0 bridgehead atoms. The molecular weight excluding hydrogens is 340 g/mol. The maximum Gasteiger partial charge on any atom is 0.231 e. The zero-order chi connectivity index (χ0) is 18.6. The molecule has 3 fully saturated rings. The predicted octanol–water partition coefficient (Wildman–Crippen LogP) is 3.27. The number of amides is 1. The molecule has 3 heterocycles. The number of imidazole rings is 1. The summed E-state index contributed by atoms with van der Waals surface area (Å²) in [5.74, 6) is 2.38. The number of piperidine rings is 1. The lowest BCUT2D eigenvalue weighted by atomic mass is 9.97. The minimum Gasteiger partial charge on any atom is -0.476 e. The van der Waals surface area contributed by atoms with E-state index >= 15 is 0 Å². The number of nitrogens with zero attached hydrogens (tertiary/aromatic N) is 4. The summed E-state index contributed by atoms with van der Waals surface area (Å²) in [6.45, 7) is 6.76. The molecule has 0 N–H and O–H groups in total. The highest BCUT2D eigenvalue weighted by Gasteiger charge is 2.52. The number of aromatic nitrogens is 3. The van der Waals surface area contributed by atoms with Gasteiger partial charge in [0.2, 0.25) is 11.8 Å². The zero-order valence-corrected chi connectivity index (χ0v) is 16.2. The third kappa shape index (κ3) is 3.42. The van der Waals surface area contributed by atoms with Crippen LogP contribution in [0, 0.1) is 17.3 Å². The van der Waals surface area contributed by atoms with Gasteiger partial charge in [0.1, 0.15) is 0 Å². The van der Waals surface area contributed by atoms with Gasteiger partial charge in [-0.25, -0.2) is 9.50 Å². The van der Waals surface area contributed by atoms with Crippen molar-refractivity contribution in [2.45, 2.75) is 51.9 Å². The van der Waals surface area contributed by atoms with Gasteiger partial charge >= 0.3 is 0 Å². The van der Waals surface area contributed by atoms with E-state index in [0.29, 0.717) is 30.2 Å². The summed E-state index contributed by atoms with van der Waals surface area (Å²) in [6.07, 6.45) is 7.58. The van der Waals surface area contributed by atoms with Crippen LogP contribution in [0.15, 0.2) is 18.3 Å². The summed E-state index contributed by atoms with van der Waals surface area (Å²) in [6, 6.07) is 3.89. The maximum absolute atomic E-state index is 12.5. The van der Waals surface area contributed by atoms with Gasteiger partial charge in [0.25, 0.3) is 0 Å². The molecule has 0 radical (unpaired) electrons. The lowest BCUT2D eigenvalue weighted by Gasteiger charge is -2.32. The molecule has 27 heavy (non-hydrogen) atoms. The second kappa shape index (κ2) is 6.21. The van der Waals surface area contributed by atoms with Crippen molar-refractivity contribution >= 4 is 11.6 Å². The van der Waals surface area contributed by atoms with Crippen molar-refractivity contribution in [2.24, 2.45) is 17.3 Å². The number of likely N-dealkylation sites (tertiary alicyclic amines) is 1. The van der Waals surface area contributed by atoms with Gasteiger partial charge in [-0.05, 0) is 49.5 Å². The van der Waals surface area contributed by atoms with Gasteiger partial charge in [-0.1, -0.05) is 13.8 Å². The molecule has 3 aliphatic rings. The van der Waals surface area contributed by atoms with Gasteiger partial charge in [0.05, 0.1) is 18.5 Å². The standard InChI is InChI=1S/C21H28N4O2/c1-21(2)11-16(21)20(26)24-9-7-14(8-10-24)13-27-19-6-5-18-22-17(15-3-4-15)12-25(18)23-19/h5-6,12,14-16H,3-4,7-11,13H2,1-2H3. The van der Waals surface area contributed by atoms with Crippen molar-refractivity contribution in [3.05, 3.63) is 24.0 Å². The van der Waals surface area contributed by atoms with Gasteiger partial charge < -0.3 is 9.64 Å². The third-order valence-electron chi connectivity index (χ3n) is 6.51. The van der Waals surface area contributed by atoms with Gasteiger partial charge in [0, 0.05) is 31.0 Å². The van der Waals surface area contributed by atoms with Gasteiger partial charge in [-0.3, -0.25) is 4.79 Å². The molecule has 2 aromatic rings. The van der Waals surface area contributed by atoms with Gasteiger partial charge in [-0.15, -0.1) is 5.10 Å². The zero-order valence-electron chi connectivity index (χ0n) is 16.2. The van der Waals surface area contributed by atoms with Crippen LogP contribution in [0.4, 0.5) is 0 Å². The van der Waals surface area contributed by atoms with Crippen molar-refractivity contribution < 1.29 is 9.53 Å². The van der Waals surface area contributed by atoms with Crippen LogP contribution >= 0.6 is 0 Å². The topological polar surface area (TPSA) is 59.7 Å². The van der Waals surface area contributed by atoms with E-state index in [9.17, 15) is 4.79 Å². The first kappa shape index (κ1) is 17.0. The molecule has 0 aromatic carbocycles. The first-order valence-electron chi connectivity index (χ1n) is 10.3. The van der Waals surface area contributed by atoms with Gasteiger partial charge in [0.15, 0.2) is 5.65 Å². The Morgan fingerprint density at radius 3 is 2.63 bits per heavy atom. The van der Waals surface area contributed by atoms with Crippen molar-refractivity contribution in [3.63, 3.8) is 0 Å². The van der Waals surface area contributed by atoms with Crippen LogP contribution in [-0.2, 0) is 4.79 Å². The van der Waals surface area contributed by atoms with Crippen molar-refractivity contribution in [3.8, 4) is 5.88 Å². The molecule has 1 atom stereocenters. The molecular formula is C21H28N4O2. The number of hydrogen-bond donors (Lipinski definition) is 0. The average molecular weight is 368 g/mol. The summed E-state index contributed by atoms with van der Waals surface area (Å²) in [4.78, 5) is 19.2. The van der Waals surface area contributed by atoms with Crippen LogP contribution in [0.1, 0.15) is 57.6 Å². The van der Waals surface area contributed by atoms with Crippen molar-refractivity contribution in [1.82, 2.24) is 19.5 Å². The molecule has 1 unspecified atom stereocenters. The fraction of sp³-hybridized carbons (Fsp3) is 0.667. The molecule has 144 valence electrons. The molecule has 5 rings (SSSR count). The molecule has 2 aliphatic carbocycles. The molecule has 6 nitrogen and oxygen atoms in total. The first-order valence-corrected chi connectivity index (χ1v) is 10.3. The Hall–Kier alpha value is -2.11. The monoisotopic (exact) mass is 368 g/mol. The maximum atomic E-state index is 12.5. The van der Waals surface area contributed by atoms with Crippen LogP contribution < -0.4 is 4.74 Å². The molecule has 1 aliphatic heterocycles. The van der Waals surface area contributed by atoms with E-state index < -0.39 is 0 Å². The summed E-state index contributed by atoms with van der Waals surface area (Å²) < 4.78 is 7.80. The van der Waals surface area contributed by atoms with Gasteiger partial charge in [-0.2, -0.15) is 0 Å². The van der Waals surface area contributed by atoms with Crippen molar-refractivity contribution in [1.29, 1.82) is 0 Å². The third-order valence-corrected chi connectivity index (χ3v) is 6.51. The number of hydrogen-bond acceptors (Lipinski definition) is 4. The summed E-state index contributed by atoms with van der Waals surface area (Å²) in [5, 5.41) is 4.55. The molecule has 6 heteroatoms. The number of fused-ring (bicyclic) bond motifs is 1. The number of ether oxygens (including phenoxy) is 1. The normalized spacial score (nSPS) is 25.0. The second-order valence-electron chi connectivity index (χ2n) is 9.24. The Balaban J connectivity index is 1.13. The lowest BCUT2D eigenvalue weighted by Crippen LogP contribution is -2.41. The van der Waals surface area contributed by atoms with Crippen LogP contribution in [-0.4, -0.2) is 45.1 Å². The predicted molar refractivity (Wildman–Crippen MR) is 102 cm³/mol. The SMILES string of the molecule is CC1(C)CC1C(=O)N1CCC(COc2ccc3nc(C4CC4)cn3n2)CC1.